The number of ether oxygens (including phenoxy) is 3. The number of fused-ring (bicyclic) bond motifs is 2. The van der Waals surface area contributed by atoms with Gasteiger partial charge in [0.25, 0.3) is 0 Å². The van der Waals surface area contributed by atoms with Crippen LogP contribution < -0.4 is 0 Å². The van der Waals surface area contributed by atoms with Crippen molar-refractivity contribution in [2.45, 2.75) is 57.7 Å². The SMILES string of the molecule is CO[C@H]1O[C@@H](c2ccoc2)C[C@]12[C@H](C)[C@H](O)[C@@H](O)[C@@]1(COC(C)=O)C(CO)=CCC[C@@H]12. The molecule has 8 nitrogen and oxygen atoms in total. The van der Waals surface area contributed by atoms with E-state index in [1.54, 1.807) is 19.6 Å². The summed E-state index contributed by atoms with van der Waals surface area (Å²) in [4.78, 5) is 11.7. The second-order valence-electron chi connectivity index (χ2n) is 9.13. The number of aliphatic hydroxyl groups is 3. The fraction of sp³-hybridized carbons (Fsp3) is 0.696. The van der Waals surface area contributed by atoms with Crippen LogP contribution in [-0.2, 0) is 19.0 Å². The van der Waals surface area contributed by atoms with Gasteiger partial charge in [-0.15, -0.1) is 0 Å². The number of allylic oxidation sites excluding steroid dienone is 1. The van der Waals surface area contributed by atoms with Crippen molar-refractivity contribution in [3.05, 3.63) is 35.8 Å². The summed E-state index contributed by atoms with van der Waals surface area (Å²) >= 11 is 0. The van der Waals surface area contributed by atoms with Gasteiger partial charge in [-0.3, -0.25) is 4.79 Å². The maximum absolute atomic E-state index is 11.7. The Balaban J connectivity index is 1.86. The summed E-state index contributed by atoms with van der Waals surface area (Å²) < 4.78 is 22.9. The monoisotopic (exact) mass is 436 g/mol. The summed E-state index contributed by atoms with van der Waals surface area (Å²) in [7, 11) is 1.58. The molecule has 0 radical (unpaired) electrons. The number of carbonyl (C=O) groups is 1. The van der Waals surface area contributed by atoms with Crippen LogP contribution in [-0.4, -0.2) is 60.1 Å². The molecule has 3 N–H and O–H groups in total. The van der Waals surface area contributed by atoms with Crippen LogP contribution in [0.15, 0.2) is 34.7 Å². The molecule has 172 valence electrons. The van der Waals surface area contributed by atoms with Crippen LogP contribution >= 0.6 is 0 Å². The molecule has 0 unspecified atom stereocenters. The summed E-state index contributed by atoms with van der Waals surface area (Å²) in [5.41, 5.74) is -0.337. The van der Waals surface area contributed by atoms with Crippen molar-refractivity contribution in [3.63, 3.8) is 0 Å². The minimum atomic E-state index is -1.21. The summed E-state index contributed by atoms with van der Waals surface area (Å²) in [6, 6.07) is 1.85. The molecule has 8 heteroatoms. The molecule has 4 rings (SSSR count). The van der Waals surface area contributed by atoms with Crippen molar-refractivity contribution < 1.29 is 38.7 Å². The second kappa shape index (κ2) is 8.33. The van der Waals surface area contributed by atoms with Gasteiger partial charge in [0.15, 0.2) is 6.29 Å². The van der Waals surface area contributed by atoms with E-state index in [1.807, 2.05) is 19.1 Å². The van der Waals surface area contributed by atoms with Gasteiger partial charge in [-0.2, -0.15) is 0 Å². The average Bonchev–Trinajstić information content (AvgIpc) is 3.43. The molecule has 1 aromatic rings. The average molecular weight is 437 g/mol. The van der Waals surface area contributed by atoms with E-state index >= 15 is 0 Å². The Labute approximate surface area is 181 Å². The molecular formula is C23H32O8. The molecule has 0 amide bonds. The molecule has 2 aliphatic carbocycles. The number of furan rings is 1. The molecule has 1 aliphatic heterocycles. The summed E-state index contributed by atoms with van der Waals surface area (Å²) in [6.07, 6.45) is 3.77. The maximum atomic E-state index is 11.7. The van der Waals surface area contributed by atoms with Gasteiger partial charge in [-0.25, -0.2) is 0 Å². The second-order valence-corrected chi connectivity index (χ2v) is 9.13. The lowest BCUT2D eigenvalue weighted by Crippen LogP contribution is -2.68. The lowest BCUT2D eigenvalue weighted by molar-refractivity contribution is -0.267. The van der Waals surface area contributed by atoms with Gasteiger partial charge in [-0.1, -0.05) is 13.0 Å². The Morgan fingerprint density at radius 1 is 1.35 bits per heavy atom. The number of hydrogen-bond acceptors (Lipinski definition) is 8. The van der Waals surface area contributed by atoms with Crippen LogP contribution in [0.5, 0.6) is 0 Å². The van der Waals surface area contributed by atoms with Crippen molar-refractivity contribution in [2.75, 3.05) is 20.3 Å². The Morgan fingerprint density at radius 3 is 2.74 bits per heavy atom. The zero-order chi connectivity index (χ0) is 22.4. The zero-order valence-corrected chi connectivity index (χ0v) is 18.2. The van der Waals surface area contributed by atoms with Gasteiger partial charge in [0.1, 0.15) is 6.61 Å². The minimum Gasteiger partial charge on any atom is -0.472 e. The third kappa shape index (κ3) is 3.19. The number of aliphatic hydroxyl groups excluding tert-OH is 3. The van der Waals surface area contributed by atoms with Crippen LogP contribution in [0.4, 0.5) is 0 Å². The molecule has 31 heavy (non-hydrogen) atoms. The van der Waals surface area contributed by atoms with E-state index in [2.05, 4.69) is 0 Å². The molecule has 3 aliphatic rings. The van der Waals surface area contributed by atoms with E-state index in [0.717, 1.165) is 5.56 Å². The molecule has 8 atom stereocenters. The van der Waals surface area contributed by atoms with Crippen molar-refractivity contribution >= 4 is 5.97 Å². The Morgan fingerprint density at radius 2 is 2.13 bits per heavy atom. The van der Waals surface area contributed by atoms with Crippen LogP contribution in [0.3, 0.4) is 0 Å². The highest BCUT2D eigenvalue weighted by Gasteiger charge is 2.71. The van der Waals surface area contributed by atoms with Gasteiger partial charge in [0.05, 0.1) is 42.9 Å². The summed E-state index contributed by atoms with van der Waals surface area (Å²) in [5.74, 6) is -1.09. The normalized spacial score (nSPS) is 42.3. The highest BCUT2D eigenvalue weighted by Crippen LogP contribution is 2.67. The van der Waals surface area contributed by atoms with Crippen molar-refractivity contribution in [3.8, 4) is 0 Å². The first-order chi connectivity index (χ1) is 14.8. The highest BCUT2D eigenvalue weighted by molar-refractivity contribution is 5.66. The third-order valence-electron chi connectivity index (χ3n) is 8.01. The first kappa shape index (κ1) is 22.5. The summed E-state index contributed by atoms with van der Waals surface area (Å²) in [6.45, 7) is 2.80. The molecule has 2 fully saturated rings. The van der Waals surface area contributed by atoms with Crippen LogP contribution in [0.25, 0.3) is 0 Å². The minimum absolute atomic E-state index is 0.126. The lowest BCUT2D eigenvalue weighted by atomic mass is 9.44. The first-order valence-corrected chi connectivity index (χ1v) is 10.8. The molecular weight excluding hydrogens is 404 g/mol. The fourth-order valence-corrected chi connectivity index (χ4v) is 6.54. The quantitative estimate of drug-likeness (QED) is 0.473. The van der Waals surface area contributed by atoms with Crippen LogP contribution in [0, 0.1) is 22.7 Å². The van der Waals surface area contributed by atoms with E-state index in [4.69, 9.17) is 18.6 Å². The smallest absolute Gasteiger partial charge is 0.302 e. The van der Waals surface area contributed by atoms with Crippen molar-refractivity contribution in [1.29, 1.82) is 0 Å². The largest absolute Gasteiger partial charge is 0.472 e. The topological polar surface area (TPSA) is 119 Å². The molecule has 1 aromatic heterocycles. The fourth-order valence-electron chi connectivity index (χ4n) is 6.54. The molecule has 0 bridgehead atoms. The van der Waals surface area contributed by atoms with E-state index in [1.165, 1.54) is 6.92 Å². The van der Waals surface area contributed by atoms with Gasteiger partial charge in [0, 0.05) is 25.0 Å². The molecule has 1 spiro atoms. The number of carbonyl (C=O) groups excluding carboxylic acids is 1. The molecule has 0 aromatic carbocycles. The molecule has 1 saturated carbocycles. The van der Waals surface area contributed by atoms with Crippen LogP contribution in [0.2, 0.25) is 0 Å². The van der Waals surface area contributed by atoms with Crippen molar-refractivity contribution in [1.82, 2.24) is 0 Å². The number of hydrogen-bond donors (Lipinski definition) is 3. The van der Waals surface area contributed by atoms with Gasteiger partial charge in [0.2, 0.25) is 0 Å². The Bertz CT molecular complexity index is 820. The Hall–Kier alpha value is -1.71. The molecule has 1 saturated heterocycles. The summed E-state index contributed by atoms with van der Waals surface area (Å²) in [5, 5.41) is 32.8. The van der Waals surface area contributed by atoms with Gasteiger partial charge >= 0.3 is 5.97 Å². The molecule has 2 heterocycles. The van der Waals surface area contributed by atoms with E-state index in [9.17, 15) is 20.1 Å². The number of rotatable bonds is 5. The van der Waals surface area contributed by atoms with Gasteiger partial charge < -0.3 is 33.9 Å². The third-order valence-corrected chi connectivity index (χ3v) is 8.01. The van der Waals surface area contributed by atoms with E-state index in [0.29, 0.717) is 24.8 Å². The number of methoxy groups -OCH3 is 1. The standard InChI is InChI=1S/C23H32O8/c1-13-19(26)20(27)23(12-30-14(2)25)16(10-24)5-4-6-18(23)22(13)9-17(31-21(22)28-3)15-7-8-29-11-15/h5,7-8,11,13,17-21,24,26-27H,4,6,9-10,12H2,1-3H3/t13-,17-,18-,19+,20-,21+,22-,23+/m1/s1. The van der Waals surface area contributed by atoms with Crippen molar-refractivity contribution in [2.24, 2.45) is 22.7 Å². The van der Waals surface area contributed by atoms with Crippen LogP contribution in [0.1, 0.15) is 44.8 Å². The highest BCUT2D eigenvalue weighted by atomic mass is 16.7. The van der Waals surface area contributed by atoms with E-state index < -0.39 is 35.3 Å². The number of esters is 1. The van der Waals surface area contributed by atoms with E-state index in [-0.39, 0.29) is 31.2 Å². The predicted molar refractivity (Wildman–Crippen MR) is 109 cm³/mol. The maximum Gasteiger partial charge on any atom is 0.302 e. The predicted octanol–water partition coefficient (Wildman–Crippen LogP) is 1.95. The Kier molecular flexibility index (Phi) is 6.04. The zero-order valence-electron chi connectivity index (χ0n) is 18.2. The lowest BCUT2D eigenvalue weighted by Gasteiger charge is -2.62. The first-order valence-electron chi connectivity index (χ1n) is 10.8. The van der Waals surface area contributed by atoms with Gasteiger partial charge in [-0.05, 0) is 42.7 Å².